The fraction of sp³-hybridized carbons (Fsp3) is 0.500. The topological polar surface area (TPSA) is 52.8 Å². The summed E-state index contributed by atoms with van der Waals surface area (Å²) in [5.41, 5.74) is 0. The lowest BCUT2D eigenvalue weighted by Crippen LogP contribution is -2.43. The van der Waals surface area contributed by atoms with Gasteiger partial charge in [-0.3, -0.25) is 9.89 Å². The van der Waals surface area contributed by atoms with Crippen LogP contribution in [0.3, 0.4) is 0 Å². The van der Waals surface area contributed by atoms with Crippen LogP contribution in [-0.2, 0) is 6.42 Å². The van der Waals surface area contributed by atoms with Crippen LogP contribution in [0.1, 0.15) is 29.5 Å². The van der Waals surface area contributed by atoms with Crippen LogP contribution in [0, 0.1) is 0 Å². The lowest BCUT2D eigenvalue weighted by Gasteiger charge is -2.26. The Morgan fingerprint density at radius 1 is 1.32 bits per heavy atom. The predicted molar refractivity (Wildman–Crippen MR) is 105 cm³/mol. The van der Waals surface area contributed by atoms with E-state index in [0.717, 1.165) is 48.7 Å². The van der Waals surface area contributed by atoms with E-state index in [1.165, 1.54) is 17.7 Å². The number of aliphatic imine (C=N–C) groups is 1. The molecule has 25 heavy (non-hydrogen) atoms. The number of thiophene rings is 1. The van der Waals surface area contributed by atoms with E-state index in [0.29, 0.717) is 0 Å². The Hall–Kier alpha value is -1.50. The average Bonchev–Trinajstić information content (AvgIpc) is 3.37. The zero-order valence-electron chi connectivity index (χ0n) is 14.5. The number of furan rings is 1. The van der Waals surface area contributed by atoms with Crippen molar-refractivity contribution in [3.05, 3.63) is 45.5 Å². The second kappa shape index (κ2) is 9.27. The molecule has 2 aromatic rings. The third kappa shape index (κ3) is 5.23. The first-order valence-electron chi connectivity index (χ1n) is 8.72. The van der Waals surface area contributed by atoms with Gasteiger partial charge in [0.25, 0.3) is 0 Å². The maximum atomic E-state index is 5.97. The molecule has 0 radical (unpaired) electrons. The van der Waals surface area contributed by atoms with E-state index in [1.807, 2.05) is 12.1 Å². The van der Waals surface area contributed by atoms with Crippen molar-refractivity contribution in [2.75, 3.05) is 33.2 Å². The van der Waals surface area contributed by atoms with Gasteiger partial charge in [-0.25, -0.2) is 0 Å². The minimum Gasteiger partial charge on any atom is -0.468 e. The van der Waals surface area contributed by atoms with Crippen LogP contribution in [0.5, 0.6) is 0 Å². The highest BCUT2D eigenvalue weighted by atomic mass is 35.5. The Bertz CT molecular complexity index is 664. The molecule has 1 saturated heterocycles. The highest BCUT2D eigenvalue weighted by Gasteiger charge is 2.25. The predicted octanol–water partition coefficient (Wildman–Crippen LogP) is 3.54. The molecule has 3 rings (SSSR count). The molecule has 2 aromatic heterocycles. The molecule has 0 saturated carbocycles. The summed E-state index contributed by atoms with van der Waals surface area (Å²) in [7, 11) is 1.80. The molecular weight excluding hydrogens is 356 g/mol. The number of rotatable bonds is 7. The summed E-state index contributed by atoms with van der Waals surface area (Å²) in [5.74, 6) is 1.83. The Balaban J connectivity index is 1.50. The molecule has 1 aliphatic heterocycles. The normalized spacial score (nSPS) is 17.0. The van der Waals surface area contributed by atoms with E-state index in [9.17, 15) is 0 Å². The third-order valence-corrected chi connectivity index (χ3v) is 5.72. The summed E-state index contributed by atoms with van der Waals surface area (Å²) in [4.78, 5) is 8.08. The number of nitrogens with zero attached hydrogens (tertiary/aromatic N) is 2. The monoisotopic (exact) mass is 380 g/mol. The molecule has 5 nitrogen and oxygen atoms in total. The van der Waals surface area contributed by atoms with Gasteiger partial charge in [0, 0.05) is 25.0 Å². The van der Waals surface area contributed by atoms with Crippen LogP contribution in [0.25, 0.3) is 0 Å². The molecular formula is C18H25ClN4OS. The fourth-order valence-electron chi connectivity index (χ4n) is 3.15. The van der Waals surface area contributed by atoms with Gasteiger partial charge in [0.1, 0.15) is 5.76 Å². The first kappa shape index (κ1) is 18.3. The molecule has 0 bridgehead atoms. The second-order valence-electron chi connectivity index (χ2n) is 6.11. The molecule has 0 spiro atoms. The van der Waals surface area contributed by atoms with Gasteiger partial charge >= 0.3 is 0 Å². The Kier molecular flexibility index (Phi) is 6.78. The number of hydrogen-bond donors (Lipinski definition) is 2. The van der Waals surface area contributed by atoms with Crippen LogP contribution in [0.4, 0.5) is 0 Å². The van der Waals surface area contributed by atoms with Crippen molar-refractivity contribution >= 4 is 28.9 Å². The number of guanidine groups is 1. The summed E-state index contributed by atoms with van der Waals surface area (Å²) >= 11 is 7.60. The average molecular weight is 381 g/mol. The van der Waals surface area contributed by atoms with Gasteiger partial charge < -0.3 is 15.1 Å². The lowest BCUT2D eigenvalue weighted by atomic mass is 10.2. The molecule has 2 N–H and O–H groups in total. The van der Waals surface area contributed by atoms with E-state index in [2.05, 4.69) is 32.7 Å². The maximum Gasteiger partial charge on any atom is 0.191 e. The molecule has 0 amide bonds. The fourth-order valence-corrected chi connectivity index (χ4v) is 4.23. The van der Waals surface area contributed by atoms with E-state index >= 15 is 0 Å². The molecule has 1 unspecified atom stereocenters. The van der Waals surface area contributed by atoms with Crippen molar-refractivity contribution in [2.24, 2.45) is 4.99 Å². The number of likely N-dealkylation sites (tertiary alicyclic amines) is 1. The van der Waals surface area contributed by atoms with Crippen LogP contribution < -0.4 is 10.6 Å². The van der Waals surface area contributed by atoms with Gasteiger partial charge in [-0.2, -0.15) is 0 Å². The van der Waals surface area contributed by atoms with Crippen LogP contribution in [0.2, 0.25) is 4.34 Å². The highest BCUT2D eigenvalue weighted by molar-refractivity contribution is 7.16. The lowest BCUT2D eigenvalue weighted by molar-refractivity contribution is 0.215. The molecule has 1 aliphatic rings. The van der Waals surface area contributed by atoms with Crippen LogP contribution in [0.15, 0.2) is 39.9 Å². The van der Waals surface area contributed by atoms with E-state index < -0.39 is 0 Å². The molecule has 0 aromatic carbocycles. The van der Waals surface area contributed by atoms with Gasteiger partial charge in [0.05, 0.1) is 16.6 Å². The SMILES string of the molecule is CN=C(NCCc1ccc(Cl)s1)NCC(c1ccco1)N1CCCC1. The first-order valence-corrected chi connectivity index (χ1v) is 9.92. The first-order chi connectivity index (χ1) is 12.3. The summed E-state index contributed by atoms with van der Waals surface area (Å²) in [5, 5.41) is 6.81. The minimum absolute atomic E-state index is 0.243. The number of hydrogen-bond acceptors (Lipinski definition) is 4. The van der Waals surface area contributed by atoms with Gasteiger partial charge in [-0.15, -0.1) is 11.3 Å². The van der Waals surface area contributed by atoms with Crippen molar-refractivity contribution in [3.63, 3.8) is 0 Å². The van der Waals surface area contributed by atoms with Crippen molar-refractivity contribution in [1.82, 2.24) is 15.5 Å². The Morgan fingerprint density at radius 2 is 2.16 bits per heavy atom. The second-order valence-corrected chi connectivity index (χ2v) is 7.91. The van der Waals surface area contributed by atoms with Crippen molar-refractivity contribution in [2.45, 2.75) is 25.3 Å². The summed E-state index contributed by atoms with van der Waals surface area (Å²) in [6.45, 7) is 3.85. The van der Waals surface area contributed by atoms with Crippen molar-refractivity contribution < 1.29 is 4.42 Å². The van der Waals surface area contributed by atoms with Gasteiger partial charge in [-0.05, 0) is 56.6 Å². The highest BCUT2D eigenvalue weighted by Crippen LogP contribution is 2.25. The molecule has 3 heterocycles. The van der Waals surface area contributed by atoms with Crippen LogP contribution in [-0.4, -0.2) is 44.1 Å². The van der Waals surface area contributed by atoms with Crippen LogP contribution >= 0.6 is 22.9 Å². The largest absolute Gasteiger partial charge is 0.468 e. The van der Waals surface area contributed by atoms with E-state index in [-0.39, 0.29) is 6.04 Å². The quantitative estimate of drug-likeness (QED) is 0.569. The zero-order chi connectivity index (χ0) is 17.5. The van der Waals surface area contributed by atoms with Crippen molar-refractivity contribution in [3.8, 4) is 0 Å². The Morgan fingerprint density at radius 3 is 2.80 bits per heavy atom. The minimum atomic E-state index is 0.243. The molecule has 1 atom stereocenters. The van der Waals surface area contributed by atoms with Gasteiger partial charge in [0.15, 0.2) is 5.96 Å². The Labute approximate surface area is 158 Å². The molecule has 136 valence electrons. The van der Waals surface area contributed by atoms with E-state index in [4.69, 9.17) is 16.0 Å². The molecule has 1 fully saturated rings. The van der Waals surface area contributed by atoms with Gasteiger partial charge in [0.2, 0.25) is 0 Å². The zero-order valence-corrected chi connectivity index (χ0v) is 16.1. The van der Waals surface area contributed by atoms with Gasteiger partial charge in [-0.1, -0.05) is 11.6 Å². The molecule has 7 heteroatoms. The number of nitrogens with one attached hydrogen (secondary N) is 2. The summed E-state index contributed by atoms with van der Waals surface area (Å²) in [6, 6.07) is 8.27. The smallest absolute Gasteiger partial charge is 0.191 e. The maximum absolute atomic E-state index is 5.97. The number of halogens is 1. The standard InChI is InChI=1S/C18H25ClN4OS/c1-20-18(21-9-8-14-6-7-17(19)25-14)22-13-15(16-5-4-12-24-16)23-10-2-3-11-23/h4-7,12,15H,2-3,8-11,13H2,1H3,(H2,20,21,22). The molecule has 0 aliphatic carbocycles. The summed E-state index contributed by atoms with van der Waals surface area (Å²) < 4.78 is 6.50. The van der Waals surface area contributed by atoms with Crippen molar-refractivity contribution in [1.29, 1.82) is 0 Å². The van der Waals surface area contributed by atoms with E-state index in [1.54, 1.807) is 24.6 Å². The third-order valence-electron chi connectivity index (χ3n) is 4.43. The summed E-state index contributed by atoms with van der Waals surface area (Å²) in [6.07, 6.45) is 5.20.